The van der Waals surface area contributed by atoms with Crippen molar-refractivity contribution in [3.63, 3.8) is 0 Å². The number of allylic oxidation sites excluding steroid dienone is 1. The molecule has 1 N–H and O–H groups in total. The van der Waals surface area contributed by atoms with Crippen molar-refractivity contribution in [2.75, 3.05) is 0 Å². The highest BCUT2D eigenvalue weighted by atomic mass is 32.1. The summed E-state index contributed by atoms with van der Waals surface area (Å²) in [5, 5.41) is 9.66. The van der Waals surface area contributed by atoms with Crippen LogP contribution in [0.15, 0.2) is 55.5 Å². The number of azo groups is 1. The molecule has 5 rings (SSSR count). The number of aromatic nitrogens is 1. The normalized spacial score (nSPS) is 16.4. The van der Waals surface area contributed by atoms with Crippen molar-refractivity contribution < 1.29 is 8.81 Å². The number of fused-ring (bicyclic) bond motifs is 3. The minimum atomic E-state index is -0.492. The Kier molecular flexibility index (Phi) is 3.80. The van der Waals surface area contributed by atoms with Crippen molar-refractivity contribution in [1.29, 1.82) is 0 Å². The molecule has 1 aliphatic rings. The molecule has 0 aliphatic carbocycles. The Morgan fingerprint density at radius 3 is 2.96 bits per heavy atom. The summed E-state index contributed by atoms with van der Waals surface area (Å²) in [6, 6.07) is 8.44. The van der Waals surface area contributed by atoms with Crippen LogP contribution >= 0.6 is 11.3 Å². The molecule has 140 valence electrons. The third-order valence-corrected chi connectivity index (χ3v) is 6.40. The standard InChI is InChI=1S/C21H16FN3O2S/c1-3-12-7-11-8-15-16(27-21(26)23-15)9-13(11)19(25-24-12)20-10(2)18-14(22)5-4-6-17(18)28-20/h4-9,19H,3H2,1-2H3,(H,23,26). The van der Waals surface area contributed by atoms with Crippen LogP contribution in [0.5, 0.6) is 0 Å². The van der Waals surface area contributed by atoms with E-state index in [0.29, 0.717) is 16.5 Å². The molecular formula is C21H16FN3O2S. The minimum absolute atomic E-state index is 0.234. The van der Waals surface area contributed by atoms with E-state index in [1.54, 1.807) is 6.07 Å². The molecule has 0 saturated heterocycles. The number of hydrogen-bond donors (Lipinski definition) is 1. The van der Waals surface area contributed by atoms with E-state index in [4.69, 9.17) is 4.42 Å². The van der Waals surface area contributed by atoms with Gasteiger partial charge in [-0.3, -0.25) is 4.98 Å². The molecule has 0 bridgehead atoms. The summed E-state index contributed by atoms with van der Waals surface area (Å²) in [7, 11) is 0. The summed E-state index contributed by atoms with van der Waals surface area (Å²) in [6.45, 7) is 3.93. The second kappa shape index (κ2) is 6.24. The smallest absolute Gasteiger partial charge is 0.408 e. The maximum absolute atomic E-state index is 14.4. The lowest BCUT2D eigenvalue weighted by atomic mass is 9.96. The van der Waals surface area contributed by atoms with Crippen LogP contribution in [-0.4, -0.2) is 4.98 Å². The first-order valence-corrected chi connectivity index (χ1v) is 9.82. The zero-order valence-corrected chi connectivity index (χ0v) is 16.1. The van der Waals surface area contributed by atoms with Gasteiger partial charge >= 0.3 is 5.76 Å². The highest BCUT2D eigenvalue weighted by Gasteiger charge is 2.26. The van der Waals surface area contributed by atoms with E-state index in [2.05, 4.69) is 15.2 Å². The van der Waals surface area contributed by atoms with Crippen LogP contribution in [0.2, 0.25) is 0 Å². The van der Waals surface area contributed by atoms with Crippen molar-refractivity contribution in [1.82, 2.24) is 4.98 Å². The van der Waals surface area contributed by atoms with E-state index in [1.807, 2.05) is 38.1 Å². The van der Waals surface area contributed by atoms with E-state index in [9.17, 15) is 9.18 Å². The number of hydrogen-bond acceptors (Lipinski definition) is 5. The van der Waals surface area contributed by atoms with Gasteiger partial charge < -0.3 is 4.42 Å². The van der Waals surface area contributed by atoms with Crippen LogP contribution in [0, 0.1) is 12.7 Å². The topological polar surface area (TPSA) is 70.7 Å². The summed E-state index contributed by atoms with van der Waals surface area (Å²) in [4.78, 5) is 15.3. The number of benzene rings is 2. The number of nitrogens with one attached hydrogen (secondary N) is 1. The Hall–Kier alpha value is -3.06. The zero-order chi connectivity index (χ0) is 19.4. The molecule has 0 spiro atoms. The average Bonchev–Trinajstić information content (AvgIpc) is 3.14. The van der Waals surface area contributed by atoms with Crippen LogP contribution in [-0.2, 0) is 0 Å². The summed E-state index contributed by atoms with van der Waals surface area (Å²) in [5.41, 5.74) is 4.63. The van der Waals surface area contributed by atoms with E-state index in [0.717, 1.165) is 38.4 Å². The van der Waals surface area contributed by atoms with Gasteiger partial charge in [-0.05, 0) is 60.4 Å². The van der Waals surface area contributed by atoms with Gasteiger partial charge in [0.05, 0.1) is 11.2 Å². The predicted molar refractivity (Wildman–Crippen MR) is 108 cm³/mol. The van der Waals surface area contributed by atoms with Crippen LogP contribution in [0.25, 0.3) is 27.3 Å². The minimum Gasteiger partial charge on any atom is -0.408 e. The molecule has 0 radical (unpaired) electrons. The summed E-state index contributed by atoms with van der Waals surface area (Å²) in [6.07, 6.45) is 2.71. The summed E-state index contributed by atoms with van der Waals surface area (Å²) < 4.78 is 20.6. The van der Waals surface area contributed by atoms with E-state index >= 15 is 0 Å². The predicted octanol–water partition coefficient (Wildman–Crippen LogP) is 6.09. The summed E-state index contributed by atoms with van der Waals surface area (Å²) >= 11 is 1.52. The van der Waals surface area contributed by atoms with Gasteiger partial charge in [0.1, 0.15) is 11.9 Å². The van der Waals surface area contributed by atoms with Gasteiger partial charge in [0.2, 0.25) is 0 Å². The summed E-state index contributed by atoms with van der Waals surface area (Å²) in [5.74, 6) is -0.726. The lowest BCUT2D eigenvalue weighted by Crippen LogP contribution is -1.99. The Balaban J connectivity index is 1.80. The number of nitrogens with zero attached hydrogens (tertiary/aromatic N) is 2. The Morgan fingerprint density at radius 2 is 2.18 bits per heavy atom. The first-order chi connectivity index (χ1) is 13.5. The fourth-order valence-electron chi connectivity index (χ4n) is 3.69. The monoisotopic (exact) mass is 393 g/mol. The fourth-order valence-corrected chi connectivity index (χ4v) is 4.97. The average molecular weight is 393 g/mol. The van der Waals surface area contributed by atoms with Crippen LogP contribution in [0.4, 0.5) is 4.39 Å². The van der Waals surface area contributed by atoms with Gasteiger partial charge in [-0.1, -0.05) is 13.0 Å². The van der Waals surface area contributed by atoms with Crippen LogP contribution in [0.3, 0.4) is 0 Å². The SMILES string of the molecule is CCC1=Cc2cc3[nH]c(=O)oc3cc2C(c2sc3cccc(F)c3c2C)N=N1. The molecule has 2 aromatic carbocycles. The highest BCUT2D eigenvalue weighted by molar-refractivity contribution is 7.19. The number of rotatable bonds is 2. The molecule has 28 heavy (non-hydrogen) atoms. The third kappa shape index (κ3) is 2.54. The van der Waals surface area contributed by atoms with Crippen molar-refractivity contribution in [3.8, 4) is 0 Å². The number of aryl methyl sites for hydroxylation is 1. The molecule has 2 aromatic heterocycles. The molecule has 7 heteroatoms. The first kappa shape index (κ1) is 17.1. The van der Waals surface area contributed by atoms with Crippen LogP contribution in [0.1, 0.15) is 41.0 Å². The molecule has 0 amide bonds. The van der Waals surface area contributed by atoms with Crippen molar-refractivity contribution in [3.05, 3.63) is 74.0 Å². The van der Waals surface area contributed by atoms with E-state index < -0.39 is 11.8 Å². The maximum atomic E-state index is 14.4. The Bertz CT molecular complexity index is 1360. The molecule has 1 aliphatic heterocycles. The Morgan fingerprint density at radius 1 is 1.32 bits per heavy atom. The first-order valence-electron chi connectivity index (χ1n) is 9.01. The lowest BCUT2D eigenvalue weighted by Gasteiger charge is -2.13. The largest absolute Gasteiger partial charge is 0.417 e. The number of halogens is 1. The molecule has 3 heterocycles. The van der Waals surface area contributed by atoms with Gasteiger partial charge in [-0.25, -0.2) is 9.18 Å². The Labute approximate surface area is 163 Å². The maximum Gasteiger partial charge on any atom is 0.417 e. The third-order valence-electron chi connectivity index (χ3n) is 5.09. The lowest BCUT2D eigenvalue weighted by molar-refractivity contribution is 0.555. The second-order valence-electron chi connectivity index (χ2n) is 6.80. The second-order valence-corrected chi connectivity index (χ2v) is 7.89. The number of aromatic amines is 1. The van der Waals surface area contributed by atoms with Crippen LogP contribution < -0.4 is 5.76 Å². The molecule has 5 nitrogen and oxygen atoms in total. The quantitative estimate of drug-likeness (QED) is 0.448. The van der Waals surface area contributed by atoms with Crippen molar-refractivity contribution in [2.45, 2.75) is 26.3 Å². The number of thiophene rings is 1. The molecule has 4 aromatic rings. The molecule has 1 atom stereocenters. The van der Waals surface area contributed by atoms with Gasteiger partial charge in [0, 0.05) is 15.0 Å². The zero-order valence-electron chi connectivity index (χ0n) is 15.2. The molecular weight excluding hydrogens is 377 g/mol. The molecule has 0 fully saturated rings. The number of H-pyrrole nitrogens is 1. The van der Waals surface area contributed by atoms with E-state index in [-0.39, 0.29) is 5.82 Å². The van der Waals surface area contributed by atoms with Gasteiger partial charge in [0.25, 0.3) is 0 Å². The molecule has 1 unspecified atom stereocenters. The van der Waals surface area contributed by atoms with Crippen molar-refractivity contribution in [2.24, 2.45) is 10.2 Å². The number of oxazole rings is 1. The van der Waals surface area contributed by atoms with Gasteiger partial charge in [-0.15, -0.1) is 11.3 Å². The van der Waals surface area contributed by atoms with Gasteiger partial charge in [0.15, 0.2) is 5.58 Å². The van der Waals surface area contributed by atoms with E-state index in [1.165, 1.54) is 17.4 Å². The van der Waals surface area contributed by atoms with Gasteiger partial charge in [-0.2, -0.15) is 10.2 Å². The molecule has 0 saturated carbocycles. The highest BCUT2D eigenvalue weighted by Crippen LogP contribution is 2.43. The fraction of sp³-hybridized carbons (Fsp3) is 0.190. The van der Waals surface area contributed by atoms with Crippen molar-refractivity contribution >= 4 is 38.6 Å².